The van der Waals surface area contributed by atoms with Gasteiger partial charge in [0.05, 0.1) is 22.6 Å². The molecule has 0 N–H and O–H groups in total. The zero-order chi connectivity index (χ0) is 14.0. The highest BCUT2D eigenvalue weighted by Crippen LogP contribution is 2.23. The molecule has 0 aliphatic heterocycles. The first-order valence-electron chi connectivity index (χ1n) is 6.44. The van der Waals surface area contributed by atoms with E-state index in [9.17, 15) is 4.79 Å². The Labute approximate surface area is 118 Å². The molecule has 0 amide bonds. The molecule has 0 spiro atoms. The fourth-order valence-electron chi connectivity index (χ4n) is 2.18. The summed E-state index contributed by atoms with van der Waals surface area (Å²) in [5.41, 5.74) is 4.41. The second kappa shape index (κ2) is 5.57. The number of aromatic nitrogens is 2. The Kier molecular flexibility index (Phi) is 4.05. The molecule has 1 aromatic carbocycles. The molecule has 0 unspecified atom stereocenters. The zero-order valence-electron chi connectivity index (χ0n) is 11.4. The number of carbonyl (C=O) groups excluding carboxylic acids is 1. The number of hydrogen-bond donors (Lipinski definition) is 0. The molecule has 1 aromatic heterocycles. The van der Waals surface area contributed by atoms with E-state index in [-0.39, 0.29) is 0 Å². The first kappa shape index (κ1) is 13.8. The third-order valence-electron chi connectivity index (χ3n) is 3.29. The van der Waals surface area contributed by atoms with E-state index in [4.69, 9.17) is 11.6 Å². The van der Waals surface area contributed by atoms with Crippen molar-refractivity contribution in [2.75, 3.05) is 0 Å². The van der Waals surface area contributed by atoms with Crippen molar-refractivity contribution in [3.63, 3.8) is 0 Å². The Morgan fingerprint density at radius 3 is 2.58 bits per heavy atom. The van der Waals surface area contributed by atoms with Gasteiger partial charge >= 0.3 is 0 Å². The summed E-state index contributed by atoms with van der Waals surface area (Å²) in [5, 5.41) is 5.25. The highest BCUT2D eigenvalue weighted by molar-refractivity contribution is 6.31. The normalized spacial score (nSPS) is 10.7. The maximum Gasteiger partial charge on any atom is 0.153 e. The van der Waals surface area contributed by atoms with Crippen molar-refractivity contribution >= 4 is 17.9 Å². The van der Waals surface area contributed by atoms with Gasteiger partial charge in [-0.25, -0.2) is 4.68 Å². The molecule has 2 rings (SSSR count). The summed E-state index contributed by atoms with van der Waals surface area (Å²) in [6.45, 7) is 5.99. The van der Waals surface area contributed by atoms with Crippen molar-refractivity contribution in [1.29, 1.82) is 0 Å². The van der Waals surface area contributed by atoms with Gasteiger partial charge in [0.2, 0.25) is 0 Å². The lowest BCUT2D eigenvalue weighted by molar-refractivity contribution is 0.112. The summed E-state index contributed by atoms with van der Waals surface area (Å²) < 4.78 is 1.83. The highest BCUT2D eigenvalue weighted by Gasteiger charge is 2.16. The minimum atomic E-state index is 0.709. The standard InChI is InChI=1S/C15H17ClN2O/c1-4-14-12(9-19)15(5-2)18(17-14)11-7-6-10(3)13(16)8-11/h6-9H,4-5H2,1-3H3. The topological polar surface area (TPSA) is 34.9 Å². The lowest BCUT2D eigenvalue weighted by atomic mass is 10.1. The summed E-state index contributed by atoms with van der Waals surface area (Å²) in [4.78, 5) is 11.3. The van der Waals surface area contributed by atoms with Crippen molar-refractivity contribution in [3.05, 3.63) is 45.7 Å². The molecule has 0 aliphatic rings. The van der Waals surface area contributed by atoms with Crippen LogP contribution in [0.3, 0.4) is 0 Å². The van der Waals surface area contributed by atoms with Crippen LogP contribution in [0.4, 0.5) is 0 Å². The summed E-state index contributed by atoms with van der Waals surface area (Å²) in [6.07, 6.45) is 2.40. The van der Waals surface area contributed by atoms with E-state index in [0.29, 0.717) is 10.6 Å². The first-order valence-corrected chi connectivity index (χ1v) is 6.82. The Bertz CT molecular complexity index is 617. The molecule has 100 valence electrons. The van der Waals surface area contributed by atoms with Crippen LogP contribution in [0.2, 0.25) is 5.02 Å². The van der Waals surface area contributed by atoms with Crippen molar-refractivity contribution in [2.24, 2.45) is 0 Å². The lowest BCUT2D eigenvalue weighted by Crippen LogP contribution is -2.02. The van der Waals surface area contributed by atoms with Gasteiger partial charge in [-0.2, -0.15) is 5.10 Å². The Morgan fingerprint density at radius 2 is 2.05 bits per heavy atom. The molecule has 0 atom stereocenters. The SMILES string of the molecule is CCc1nn(-c2ccc(C)c(Cl)c2)c(CC)c1C=O. The number of aldehydes is 1. The van der Waals surface area contributed by atoms with E-state index in [2.05, 4.69) is 5.10 Å². The number of rotatable bonds is 4. The van der Waals surface area contributed by atoms with Crippen LogP contribution in [0.1, 0.15) is 41.2 Å². The monoisotopic (exact) mass is 276 g/mol. The second-order valence-electron chi connectivity index (χ2n) is 4.48. The van der Waals surface area contributed by atoms with E-state index in [1.807, 2.05) is 43.7 Å². The number of nitrogens with zero attached hydrogens (tertiary/aromatic N) is 2. The van der Waals surface area contributed by atoms with Gasteiger partial charge in [0.1, 0.15) is 0 Å². The van der Waals surface area contributed by atoms with Crippen molar-refractivity contribution in [1.82, 2.24) is 9.78 Å². The fraction of sp³-hybridized carbons (Fsp3) is 0.333. The number of benzene rings is 1. The van der Waals surface area contributed by atoms with Gasteiger partial charge in [0.15, 0.2) is 6.29 Å². The molecule has 0 bridgehead atoms. The first-order chi connectivity index (χ1) is 9.12. The van der Waals surface area contributed by atoms with Gasteiger partial charge in [-0.3, -0.25) is 4.79 Å². The van der Waals surface area contributed by atoms with Gasteiger partial charge in [-0.1, -0.05) is 31.5 Å². The highest BCUT2D eigenvalue weighted by atomic mass is 35.5. The third kappa shape index (κ3) is 2.43. The molecular weight excluding hydrogens is 260 g/mol. The molecule has 0 fully saturated rings. The van der Waals surface area contributed by atoms with E-state index >= 15 is 0 Å². The zero-order valence-corrected chi connectivity index (χ0v) is 12.2. The Morgan fingerprint density at radius 1 is 1.32 bits per heavy atom. The predicted octanol–water partition coefficient (Wildman–Crippen LogP) is 3.77. The van der Waals surface area contributed by atoms with Crippen LogP contribution in [-0.2, 0) is 12.8 Å². The van der Waals surface area contributed by atoms with E-state index in [0.717, 1.165) is 41.8 Å². The maximum absolute atomic E-state index is 11.3. The summed E-state index contributed by atoms with van der Waals surface area (Å²) in [6, 6.07) is 5.82. The number of halogens is 1. The van der Waals surface area contributed by atoms with Gasteiger partial charge in [-0.15, -0.1) is 0 Å². The number of carbonyl (C=O) groups is 1. The number of aryl methyl sites for hydroxylation is 2. The molecule has 0 saturated carbocycles. The molecule has 3 nitrogen and oxygen atoms in total. The van der Waals surface area contributed by atoms with Gasteiger partial charge < -0.3 is 0 Å². The second-order valence-corrected chi connectivity index (χ2v) is 4.88. The van der Waals surface area contributed by atoms with Crippen molar-refractivity contribution < 1.29 is 4.79 Å². The average molecular weight is 277 g/mol. The van der Waals surface area contributed by atoms with Gasteiger partial charge in [-0.05, 0) is 37.5 Å². The molecular formula is C15H17ClN2O. The van der Waals surface area contributed by atoms with E-state index in [1.165, 1.54) is 0 Å². The van der Waals surface area contributed by atoms with Crippen LogP contribution in [0.5, 0.6) is 0 Å². The number of hydrogen-bond acceptors (Lipinski definition) is 2. The molecule has 0 saturated heterocycles. The quantitative estimate of drug-likeness (QED) is 0.797. The van der Waals surface area contributed by atoms with Crippen LogP contribution in [0.15, 0.2) is 18.2 Å². The van der Waals surface area contributed by atoms with E-state index < -0.39 is 0 Å². The van der Waals surface area contributed by atoms with Crippen LogP contribution >= 0.6 is 11.6 Å². The van der Waals surface area contributed by atoms with Crippen LogP contribution in [0.25, 0.3) is 5.69 Å². The molecule has 1 heterocycles. The Balaban J connectivity index is 2.64. The summed E-state index contributed by atoms with van der Waals surface area (Å²) in [7, 11) is 0. The third-order valence-corrected chi connectivity index (χ3v) is 3.69. The summed E-state index contributed by atoms with van der Waals surface area (Å²) in [5.74, 6) is 0. The maximum atomic E-state index is 11.3. The van der Waals surface area contributed by atoms with Crippen molar-refractivity contribution in [3.8, 4) is 5.69 Å². The van der Waals surface area contributed by atoms with Crippen molar-refractivity contribution in [2.45, 2.75) is 33.6 Å². The van der Waals surface area contributed by atoms with Crippen LogP contribution in [-0.4, -0.2) is 16.1 Å². The molecule has 19 heavy (non-hydrogen) atoms. The fourth-order valence-corrected chi connectivity index (χ4v) is 2.35. The molecule has 0 aliphatic carbocycles. The van der Waals surface area contributed by atoms with Crippen LogP contribution < -0.4 is 0 Å². The minimum Gasteiger partial charge on any atom is -0.298 e. The van der Waals surface area contributed by atoms with Gasteiger partial charge in [0.25, 0.3) is 0 Å². The van der Waals surface area contributed by atoms with Crippen LogP contribution in [0, 0.1) is 6.92 Å². The average Bonchev–Trinajstić information content (AvgIpc) is 2.79. The molecule has 4 heteroatoms. The van der Waals surface area contributed by atoms with E-state index in [1.54, 1.807) is 0 Å². The lowest BCUT2D eigenvalue weighted by Gasteiger charge is -2.08. The minimum absolute atomic E-state index is 0.709. The largest absolute Gasteiger partial charge is 0.298 e. The van der Waals surface area contributed by atoms with Gasteiger partial charge in [0, 0.05) is 5.02 Å². The Hall–Kier alpha value is -1.61. The predicted molar refractivity (Wildman–Crippen MR) is 77.5 cm³/mol. The summed E-state index contributed by atoms with van der Waals surface area (Å²) >= 11 is 6.16. The molecule has 2 aromatic rings. The molecule has 0 radical (unpaired) electrons. The smallest absolute Gasteiger partial charge is 0.153 e.